The average Bonchev–Trinajstić information content (AvgIpc) is 3.07. The number of para-hydroxylation sites is 1. The highest BCUT2D eigenvalue weighted by atomic mass is 32.1. The van der Waals surface area contributed by atoms with Gasteiger partial charge in [0.05, 0.1) is 16.6 Å². The Kier molecular flexibility index (Phi) is 6.47. The van der Waals surface area contributed by atoms with Gasteiger partial charge in [0.2, 0.25) is 5.91 Å². The van der Waals surface area contributed by atoms with Crippen LogP contribution in [0, 0.1) is 20.8 Å². The van der Waals surface area contributed by atoms with E-state index in [0.717, 1.165) is 39.4 Å². The molecule has 3 rings (SSSR count). The van der Waals surface area contributed by atoms with Crippen molar-refractivity contribution in [3.63, 3.8) is 0 Å². The lowest BCUT2D eigenvalue weighted by atomic mass is 10.0. The van der Waals surface area contributed by atoms with Gasteiger partial charge in [-0.2, -0.15) is 0 Å². The van der Waals surface area contributed by atoms with Crippen molar-refractivity contribution in [2.24, 2.45) is 0 Å². The van der Waals surface area contributed by atoms with Gasteiger partial charge in [-0.15, -0.1) is 0 Å². The minimum atomic E-state index is 0.110. The third-order valence-electron chi connectivity index (χ3n) is 5.06. The summed E-state index contributed by atoms with van der Waals surface area (Å²) >= 11 is 1.60. The van der Waals surface area contributed by atoms with E-state index >= 15 is 0 Å². The van der Waals surface area contributed by atoms with Crippen LogP contribution in [0.4, 0.5) is 5.13 Å². The molecule has 148 valence electrons. The van der Waals surface area contributed by atoms with Gasteiger partial charge in [0.25, 0.3) is 0 Å². The third kappa shape index (κ3) is 4.78. The lowest BCUT2D eigenvalue weighted by Gasteiger charge is -2.21. The first-order valence-corrected chi connectivity index (χ1v) is 10.5. The largest absolute Gasteiger partial charge is 0.309 e. The van der Waals surface area contributed by atoms with Crippen LogP contribution in [0.2, 0.25) is 0 Å². The average molecular weight is 396 g/mol. The van der Waals surface area contributed by atoms with Gasteiger partial charge in [0, 0.05) is 6.54 Å². The number of hydrogen-bond acceptors (Lipinski definition) is 4. The first kappa shape index (κ1) is 20.5. The summed E-state index contributed by atoms with van der Waals surface area (Å²) in [6.45, 7) is 7.88. The van der Waals surface area contributed by atoms with E-state index in [1.54, 1.807) is 11.3 Å². The Hall–Kier alpha value is -2.24. The number of benzene rings is 2. The number of nitrogens with zero attached hydrogens (tertiary/aromatic N) is 3. The molecular formula is C23H29N3OS. The maximum atomic E-state index is 13.2. The summed E-state index contributed by atoms with van der Waals surface area (Å²) in [5.41, 5.74) is 5.68. The van der Waals surface area contributed by atoms with E-state index in [-0.39, 0.29) is 5.91 Å². The van der Waals surface area contributed by atoms with Crippen molar-refractivity contribution in [1.29, 1.82) is 0 Å². The van der Waals surface area contributed by atoms with E-state index < -0.39 is 0 Å². The molecule has 0 aliphatic rings. The normalized spacial score (nSPS) is 11.4. The molecule has 0 atom stereocenters. The Morgan fingerprint density at radius 1 is 1.00 bits per heavy atom. The van der Waals surface area contributed by atoms with E-state index in [2.05, 4.69) is 70.1 Å². The van der Waals surface area contributed by atoms with Gasteiger partial charge >= 0.3 is 0 Å². The molecule has 0 bridgehead atoms. The number of fused-ring (bicyclic) bond motifs is 1. The predicted molar refractivity (Wildman–Crippen MR) is 120 cm³/mol. The van der Waals surface area contributed by atoms with Crippen LogP contribution in [0.15, 0.2) is 36.4 Å². The molecule has 0 aliphatic carbocycles. The first-order valence-electron chi connectivity index (χ1n) is 9.72. The first-order chi connectivity index (χ1) is 13.3. The van der Waals surface area contributed by atoms with Crippen LogP contribution >= 0.6 is 11.3 Å². The quantitative estimate of drug-likeness (QED) is 0.579. The van der Waals surface area contributed by atoms with Gasteiger partial charge in [0.1, 0.15) is 0 Å². The number of aryl methyl sites for hydroxylation is 3. The summed E-state index contributed by atoms with van der Waals surface area (Å²) in [5, 5.41) is 0.803. The summed E-state index contributed by atoms with van der Waals surface area (Å²) < 4.78 is 1.13. The number of carbonyl (C=O) groups is 1. The van der Waals surface area contributed by atoms with Crippen molar-refractivity contribution in [2.75, 3.05) is 32.1 Å². The second-order valence-corrected chi connectivity index (χ2v) is 8.72. The fourth-order valence-electron chi connectivity index (χ4n) is 3.25. The molecule has 1 aromatic heterocycles. The molecule has 0 spiro atoms. The Morgan fingerprint density at radius 3 is 2.46 bits per heavy atom. The molecule has 3 aromatic rings. The second-order valence-electron chi connectivity index (χ2n) is 7.72. The number of carbonyl (C=O) groups excluding carboxylic acids is 1. The van der Waals surface area contributed by atoms with Crippen molar-refractivity contribution in [2.45, 2.75) is 33.6 Å². The molecule has 0 unspecified atom stereocenters. The van der Waals surface area contributed by atoms with E-state index in [1.165, 1.54) is 11.1 Å². The van der Waals surface area contributed by atoms with Crippen LogP contribution in [0.25, 0.3) is 10.2 Å². The molecule has 2 aromatic carbocycles. The number of amides is 1. The molecule has 0 saturated heterocycles. The summed E-state index contributed by atoms with van der Waals surface area (Å²) in [5.74, 6) is 0.110. The van der Waals surface area contributed by atoms with E-state index in [4.69, 9.17) is 4.98 Å². The zero-order valence-corrected chi connectivity index (χ0v) is 18.3. The lowest BCUT2D eigenvalue weighted by Crippen LogP contribution is -2.34. The van der Waals surface area contributed by atoms with Crippen molar-refractivity contribution in [3.05, 3.63) is 58.7 Å². The summed E-state index contributed by atoms with van der Waals surface area (Å²) in [6, 6.07) is 12.5. The molecular weight excluding hydrogens is 366 g/mol. The van der Waals surface area contributed by atoms with Crippen molar-refractivity contribution in [1.82, 2.24) is 9.88 Å². The monoisotopic (exact) mass is 395 g/mol. The SMILES string of the molecule is Cc1ccc(CC(=O)N(CCCN(C)C)c2nc3c(C)cccc3s2)cc1C. The van der Waals surface area contributed by atoms with Crippen molar-refractivity contribution < 1.29 is 4.79 Å². The van der Waals surface area contributed by atoms with Crippen LogP contribution in [-0.4, -0.2) is 43.0 Å². The van der Waals surface area contributed by atoms with Gasteiger partial charge < -0.3 is 4.90 Å². The summed E-state index contributed by atoms with van der Waals surface area (Å²) in [6.07, 6.45) is 1.32. The van der Waals surface area contributed by atoms with Gasteiger partial charge in [-0.1, -0.05) is 41.7 Å². The zero-order chi connectivity index (χ0) is 20.3. The Labute approximate surface area is 171 Å². The van der Waals surface area contributed by atoms with Crippen molar-refractivity contribution in [3.8, 4) is 0 Å². The molecule has 0 radical (unpaired) electrons. The number of aromatic nitrogens is 1. The maximum absolute atomic E-state index is 13.2. The number of hydrogen-bond donors (Lipinski definition) is 0. The zero-order valence-electron chi connectivity index (χ0n) is 17.5. The van der Waals surface area contributed by atoms with E-state index in [1.807, 2.05) is 11.0 Å². The molecule has 0 aliphatic heterocycles. The van der Waals surface area contributed by atoms with Gasteiger partial charge in [-0.05, 0) is 76.2 Å². The number of rotatable bonds is 7. The van der Waals surface area contributed by atoms with Crippen LogP contribution in [-0.2, 0) is 11.2 Å². The third-order valence-corrected chi connectivity index (χ3v) is 6.10. The fraction of sp³-hybridized carbons (Fsp3) is 0.391. The topological polar surface area (TPSA) is 36.4 Å². The highest BCUT2D eigenvalue weighted by molar-refractivity contribution is 7.22. The van der Waals surface area contributed by atoms with Crippen LogP contribution < -0.4 is 4.90 Å². The second kappa shape index (κ2) is 8.84. The maximum Gasteiger partial charge on any atom is 0.233 e. The van der Waals surface area contributed by atoms with E-state index in [9.17, 15) is 4.79 Å². The van der Waals surface area contributed by atoms with Crippen LogP contribution in [0.1, 0.15) is 28.7 Å². The summed E-state index contributed by atoms with van der Waals surface area (Å²) in [7, 11) is 4.12. The molecule has 0 saturated carbocycles. The van der Waals surface area contributed by atoms with Crippen LogP contribution in [0.3, 0.4) is 0 Å². The Morgan fingerprint density at radius 2 is 1.79 bits per heavy atom. The highest BCUT2D eigenvalue weighted by Crippen LogP contribution is 2.31. The minimum absolute atomic E-state index is 0.110. The Bertz CT molecular complexity index is 977. The van der Waals surface area contributed by atoms with Crippen LogP contribution in [0.5, 0.6) is 0 Å². The molecule has 0 fully saturated rings. The lowest BCUT2D eigenvalue weighted by molar-refractivity contribution is -0.118. The Balaban J connectivity index is 1.87. The molecule has 28 heavy (non-hydrogen) atoms. The standard InChI is InChI=1S/C23H29N3OS/c1-16-10-11-19(14-18(16)3)15-21(27)26(13-7-12-25(4)5)23-24-22-17(2)8-6-9-20(22)28-23/h6,8-11,14H,7,12-13,15H2,1-5H3. The van der Waals surface area contributed by atoms with Gasteiger partial charge in [-0.25, -0.2) is 4.98 Å². The fourth-order valence-corrected chi connectivity index (χ4v) is 4.33. The highest BCUT2D eigenvalue weighted by Gasteiger charge is 2.20. The minimum Gasteiger partial charge on any atom is -0.309 e. The molecule has 4 nitrogen and oxygen atoms in total. The molecule has 1 amide bonds. The molecule has 1 heterocycles. The smallest absolute Gasteiger partial charge is 0.233 e. The number of thiazole rings is 1. The van der Waals surface area contributed by atoms with Gasteiger partial charge in [-0.3, -0.25) is 9.69 Å². The number of anilines is 1. The predicted octanol–water partition coefficient (Wildman–Crippen LogP) is 4.75. The molecule has 5 heteroatoms. The van der Waals surface area contributed by atoms with Crippen molar-refractivity contribution >= 4 is 32.6 Å². The van der Waals surface area contributed by atoms with E-state index in [0.29, 0.717) is 13.0 Å². The van der Waals surface area contributed by atoms with Gasteiger partial charge in [0.15, 0.2) is 5.13 Å². The summed E-state index contributed by atoms with van der Waals surface area (Å²) in [4.78, 5) is 22.1. The molecule has 0 N–H and O–H groups in total.